The molecule has 0 saturated heterocycles. The second-order valence-electron chi connectivity index (χ2n) is 5.49. The van der Waals surface area contributed by atoms with Crippen molar-refractivity contribution in [2.75, 3.05) is 6.61 Å². The van der Waals surface area contributed by atoms with Crippen LogP contribution in [0.1, 0.15) is 54.4 Å². The standard InChI is InChI=1S/C16H20Cl2O2/c1-11-14(17)9-13(10-15(11)18)16(19)20-8-7-12-5-3-2-4-6-12/h9-10,12H,2-8H2,1H3. The molecule has 0 amide bonds. The van der Waals surface area contributed by atoms with Gasteiger partial charge in [0.05, 0.1) is 12.2 Å². The van der Waals surface area contributed by atoms with Gasteiger partial charge in [0.25, 0.3) is 0 Å². The molecule has 1 saturated carbocycles. The lowest BCUT2D eigenvalue weighted by Gasteiger charge is -2.21. The zero-order valence-electron chi connectivity index (χ0n) is 11.8. The SMILES string of the molecule is Cc1c(Cl)cc(C(=O)OCCC2CCCCC2)cc1Cl. The fourth-order valence-electron chi connectivity index (χ4n) is 2.64. The van der Waals surface area contributed by atoms with E-state index in [1.165, 1.54) is 32.1 Å². The first kappa shape index (κ1) is 15.7. The molecule has 0 radical (unpaired) electrons. The second kappa shape index (κ2) is 7.33. The molecule has 2 nitrogen and oxygen atoms in total. The van der Waals surface area contributed by atoms with Gasteiger partial charge in [-0.3, -0.25) is 0 Å². The molecule has 1 aromatic rings. The summed E-state index contributed by atoms with van der Waals surface area (Å²) in [5.74, 6) is 0.367. The highest BCUT2D eigenvalue weighted by Crippen LogP contribution is 2.27. The van der Waals surface area contributed by atoms with E-state index in [1.807, 2.05) is 6.92 Å². The lowest BCUT2D eigenvalue weighted by atomic mass is 9.87. The van der Waals surface area contributed by atoms with Crippen LogP contribution in [-0.2, 0) is 4.74 Å². The van der Waals surface area contributed by atoms with Crippen LogP contribution in [0.4, 0.5) is 0 Å². The lowest BCUT2D eigenvalue weighted by molar-refractivity contribution is 0.0475. The van der Waals surface area contributed by atoms with E-state index in [1.54, 1.807) is 12.1 Å². The smallest absolute Gasteiger partial charge is 0.338 e. The van der Waals surface area contributed by atoms with Gasteiger partial charge in [0, 0.05) is 10.0 Å². The van der Waals surface area contributed by atoms with E-state index >= 15 is 0 Å². The van der Waals surface area contributed by atoms with Gasteiger partial charge in [0.2, 0.25) is 0 Å². The Hall–Kier alpha value is -0.730. The van der Waals surface area contributed by atoms with Crippen LogP contribution in [-0.4, -0.2) is 12.6 Å². The lowest BCUT2D eigenvalue weighted by Crippen LogP contribution is -2.12. The number of ether oxygens (including phenoxy) is 1. The molecule has 0 unspecified atom stereocenters. The van der Waals surface area contributed by atoms with Gasteiger partial charge in [-0.25, -0.2) is 4.79 Å². The molecule has 0 N–H and O–H groups in total. The topological polar surface area (TPSA) is 26.3 Å². The molecule has 0 aromatic heterocycles. The van der Waals surface area contributed by atoms with Crippen molar-refractivity contribution in [3.63, 3.8) is 0 Å². The normalized spacial score (nSPS) is 16.1. The zero-order valence-corrected chi connectivity index (χ0v) is 13.3. The third-order valence-electron chi connectivity index (χ3n) is 4.00. The van der Waals surface area contributed by atoms with E-state index < -0.39 is 0 Å². The van der Waals surface area contributed by atoms with Gasteiger partial charge in [0.15, 0.2) is 0 Å². The number of benzene rings is 1. The highest BCUT2D eigenvalue weighted by Gasteiger charge is 2.15. The molecule has 20 heavy (non-hydrogen) atoms. The van der Waals surface area contributed by atoms with Gasteiger partial charge in [-0.05, 0) is 37.0 Å². The summed E-state index contributed by atoms with van der Waals surface area (Å²) in [6.45, 7) is 2.30. The zero-order chi connectivity index (χ0) is 14.5. The summed E-state index contributed by atoms with van der Waals surface area (Å²) in [4.78, 5) is 12.0. The molecule has 0 heterocycles. The minimum Gasteiger partial charge on any atom is -0.462 e. The molecule has 1 aromatic carbocycles. The number of hydrogen-bond acceptors (Lipinski definition) is 2. The second-order valence-corrected chi connectivity index (χ2v) is 6.31. The van der Waals surface area contributed by atoms with Gasteiger partial charge in [-0.15, -0.1) is 0 Å². The highest BCUT2D eigenvalue weighted by molar-refractivity contribution is 6.36. The summed E-state index contributed by atoms with van der Waals surface area (Å²) >= 11 is 12.1. The van der Waals surface area contributed by atoms with E-state index in [9.17, 15) is 4.79 Å². The number of rotatable bonds is 4. The van der Waals surface area contributed by atoms with Crippen molar-refractivity contribution in [1.82, 2.24) is 0 Å². The Kier molecular flexibility index (Phi) is 5.74. The van der Waals surface area contributed by atoms with Crippen molar-refractivity contribution in [1.29, 1.82) is 0 Å². The predicted octanol–water partition coefficient (Wildman–Crippen LogP) is 5.43. The average Bonchev–Trinajstić information content (AvgIpc) is 2.45. The van der Waals surface area contributed by atoms with E-state index in [4.69, 9.17) is 27.9 Å². The van der Waals surface area contributed by atoms with Gasteiger partial charge in [0.1, 0.15) is 0 Å². The summed E-state index contributed by atoms with van der Waals surface area (Å²) in [6.07, 6.45) is 7.44. The molecule has 0 atom stereocenters. The number of esters is 1. The summed E-state index contributed by atoms with van der Waals surface area (Å²) in [6, 6.07) is 3.23. The third-order valence-corrected chi connectivity index (χ3v) is 4.79. The van der Waals surface area contributed by atoms with Crippen LogP contribution in [0.15, 0.2) is 12.1 Å². The molecule has 0 bridgehead atoms. The maximum atomic E-state index is 12.0. The van der Waals surface area contributed by atoms with Crippen LogP contribution < -0.4 is 0 Å². The van der Waals surface area contributed by atoms with Crippen LogP contribution in [0, 0.1) is 12.8 Å². The van der Waals surface area contributed by atoms with Gasteiger partial charge in [-0.1, -0.05) is 55.3 Å². The first-order valence-electron chi connectivity index (χ1n) is 7.20. The summed E-state index contributed by atoms with van der Waals surface area (Å²) < 4.78 is 5.32. The van der Waals surface area contributed by atoms with Gasteiger partial charge < -0.3 is 4.74 Å². The minimum absolute atomic E-state index is 0.343. The predicted molar refractivity (Wildman–Crippen MR) is 82.7 cm³/mol. The van der Waals surface area contributed by atoms with E-state index in [2.05, 4.69) is 0 Å². The fourth-order valence-corrected chi connectivity index (χ4v) is 3.13. The molecule has 1 aliphatic rings. The van der Waals surface area contributed by atoms with Crippen LogP contribution in [0.5, 0.6) is 0 Å². The molecule has 0 aliphatic heterocycles. The molecule has 2 rings (SSSR count). The Morgan fingerprint density at radius 1 is 1.20 bits per heavy atom. The summed E-state index contributed by atoms with van der Waals surface area (Å²) in [5, 5.41) is 0.994. The van der Waals surface area contributed by atoms with Crippen LogP contribution >= 0.6 is 23.2 Å². The summed E-state index contributed by atoms with van der Waals surface area (Å²) in [7, 11) is 0. The monoisotopic (exact) mass is 314 g/mol. The van der Waals surface area contributed by atoms with Crippen LogP contribution in [0.25, 0.3) is 0 Å². The van der Waals surface area contributed by atoms with Crippen LogP contribution in [0.2, 0.25) is 10.0 Å². The van der Waals surface area contributed by atoms with Gasteiger partial charge >= 0.3 is 5.97 Å². The molecule has 0 spiro atoms. The number of carbonyl (C=O) groups is 1. The molecular weight excluding hydrogens is 295 g/mol. The Bertz CT molecular complexity index is 456. The van der Waals surface area contributed by atoms with E-state index in [0.29, 0.717) is 28.1 Å². The Balaban J connectivity index is 1.85. The fraction of sp³-hybridized carbons (Fsp3) is 0.562. The Morgan fingerprint density at radius 2 is 1.80 bits per heavy atom. The van der Waals surface area contributed by atoms with E-state index in [-0.39, 0.29) is 5.97 Å². The highest BCUT2D eigenvalue weighted by atomic mass is 35.5. The number of hydrogen-bond donors (Lipinski definition) is 0. The van der Waals surface area contributed by atoms with Crippen molar-refractivity contribution >= 4 is 29.2 Å². The van der Waals surface area contributed by atoms with Crippen LogP contribution in [0.3, 0.4) is 0 Å². The molecule has 110 valence electrons. The molecule has 1 fully saturated rings. The summed E-state index contributed by atoms with van der Waals surface area (Å²) in [5.41, 5.74) is 1.21. The van der Waals surface area contributed by atoms with Crippen molar-refractivity contribution in [2.24, 2.45) is 5.92 Å². The molecule has 4 heteroatoms. The maximum absolute atomic E-state index is 12.0. The quantitative estimate of drug-likeness (QED) is 0.693. The first-order valence-corrected chi connectivity index (χ1v) is 7.96. The van der Waals surface area contributed by atoms with Crippen molar-refractivity contribution in [2.45, 2.75) is 45.4 Å². The number of halogens is 2. The molecule has 1 aliphatic carbocycles. The van der Waals surface area contributed by atoms with Crippen molar-refractivity contribution in [3.05, 3.63) is 33.3 Å². The maximum Gasteiger partial charge on any atom is 0.338 e. The minimum atomic E-state index is -0.343. The van der Waals surface area contributed by atoms with Crippen molar-refractivity contribution in [3.8, 4) is 0 Å². The molecular formula is C16H20Cl2O2. The average molecular weight is 315 g/mol. The third kappa shape index (κ3) is 4.13. The first-order chi connectivity index (χ1) is 9.58. The van der Waals surface area contributed by atoms with Gasteiger partial charge in [-0.2, -0.15) is 0 Å². The Labute approximate surface area is 130 Å². The van der Waals surface area contributed by atoms with Crippen molar-refractivity contribution < 1.29 is 9.53 Å². The van der Waals surface area contributed by atoms with E-state index in [0.717, 1.165) is 12.0 Å². The number of carbonyl (C=O) groups excluding carboxylic acids is 1. The Morgan fingerprint density at radius 3 is 2.40 bits per heavy atom. The largest absolute Gasteiger partial charge is 0.462 e.